The summed E-state index contributed by atoms with van der Waals surface area (Å²) in [6.45, 7) is 14.1. The fraction of sp³-hybridized carbons (Fsp3) is 0.917. The van der Waals surface area contributed by atoms with Gasteiger partial charge in [0.15, 0.2) is 11.1 Å². The van der Waals surface area contributed by atoms with Crippen LogP contribution in [0.1, 0.15) is 105 Å². The van der Waals surface area contributed by atoms with Gasteiger partial charge in [-0.1, -0.05) is 89.7 Å². The van der Waals surface area contributed by atoms with Crippen molar-refractivity contribution in [2.75, 3.05) is 37.7 Å². The number of thioether (sulfide) groups is 2. The van der Waals surface area contributed by atoms with E-state index in [1.54, 1.807) is 0 Å². The number of nitrogens with zero attached hydrogens (tertiary/aromatic N) is 2. The van der Waals surface area contributed by atoms with Gasteiger partial charge in [0.25, 0.3) is 0 Å². The second-order valence-electron chi connectivity index (χ2n) is 7.85. The predicted octanol–water partition coefficient (Wildman–Crippen LogP) is 7.30. The van der Waals surface area contributed by atoms with Crippen LogP contribution in [0.5, 0.6) is 0 Å². The largest absolute Gasteiger partial charge is 0.231 e. The average Bonchev–Trinajstić information content (AvgIpc) is 2.72. The van der Waals surface area contributed by atoms with Crippen molar-refractivity contribution in [1.82, 2.24) is 0 Å². The molecule has 0 aromatic rings. The highest BCUT2D eigenvalue weighted by Crippen LogP contribution is 2.09. The lowest BCUT2D eigenvalue weighted by atomic mass is 10.2. The third-order valence-electron chi connectivity index (χ3n) is 4.92. The van der Waals surface area contributed by atoms with Crippen LogP contribution in [-0.2, 0) is 0 Å². The normalized spacial score (nSPS) is 10.9. The van der Waals surface area contributed by atoms with Crippen LogP contribution in [0.2, 0.25) is 0 Å². The molecule has 0 heterocycles. The van der Waals surface area contributed by atoms with E-state index in [0.717, 1.165) is 0 Å². The Labute approximate surface area is 186 Å². The van der Waals surface area contributed by atoms with Crippen molar-refractivity contribution in [2.24, 2.45) is 0 Å². The third kappa shape index (κ3) is 19.4. The van der Waals surface area contributed by atoms with Gasteiger partial charge >= 0.3 is 0 Å². The molecule has 0 saturated carbocycles. The van der Waals surface area contributed by atoms with Gasteiger partial charge in [-0.15, -0.1) is 0 Å². The van der Waals surface area contributed by atoms with Crippen molar-refractivity contribution in [3.8, 4) is 0 Å². The first-order valence-electron chi connectivity index (χ1n) is 12.2. The van der Waals surface area contributed by atoms with E-state index in [4.69, 9.17) is 0 Å². The van der Waals surface area contributed by atoms with Crippen molar-refractivity contribution in [3.63, 3.8) is 0 Å². The smallest absolute Gasteiger partial charge is 0.198 e. The van der Waals surface area contributed by atoms with E-state index < -0.39 is 0 Å². The monoisotopic (exact) mass is 430 g/mol. The van der Waals surface area contributed by atoms with Crippen LogP contribution in [0.15, 0.2) is 0 Å². The standard InChI is InChI=1S/C24H50N2S2/c1-5-9-17-25(18-10-6-2)23-27-21-15-13-14-16-22-28-24-26(19-11-7-3)20-12-8-4/h23-24H,5-22H2,1-4H3/q+2. The van der Waals surface area contributed by atoms with Gasteiger partial charge in [0.05, 0.1) is 0 Å². The van der Waals surface area contributed by atoms with Crippen molar-refractivity contribution in [1.29, 1.82) is 0 Å². The SMILES string of the molecule is CCCC[N+](=CSCCCCCCSC=[N+](CCCC)CCCC)CCCC. The first-order chi connectivity index (χ1) is 13.8. The van der Waals surface area contributed by atoms with Gasteiger partial charge in [-0.25, -0.2) is 9.15 Å². The van der Waals surface area contributed by atoms with Gasteiger partial charge in [-0.3, -0.25) is 0 Å². The Morgan fingerprint density at radius 2 is 0.786 bits per heavy atom. The summed E-state index contributed by atoms with van der Waals surface area (Å²) in [4.78, 5) is 0. The van der Waals surface area contributed by atoms with Crippen molar-refractivity contribution < 1.29 is 9.15 Å². The van der Waals surface area contributed by atoms with Gasteiger partial charge in [0, 0.05) is 37.2 Å². The van der Waals surface area contributed by atoms with E-state index in [9.17, 15) is 0 Å². The summed E-state index contributed by atoms with van der Waals surface area (Å²) >= 11 is 4.06. The third-order valence-corrected chi connectivity index (χ3v) is 6.86. The van der Waals surface area contributed by atoms with Gasteiger partial charge < -0.3 is 0 Å². The van der Waals surface area contributed by atoms with Gasteiger partial charge in [-0.2, -0.15) is 0 Å². The summed E-state index contributed by atoms with van der Waals surface area (Å²) in [6, 6.07) is 0. The zero-order valence-corrected chi connectivity index (χ0v) is 21.2. The fourth-order valence-corrected chi connectivity index (χ4v) is 4.72. The summed E-state index contributed by atoms with van der Waals surface area (Å²) in [7, 11) is 0. The topological polar surface area (TPSA) is 6.02 Å². The molecule has 0 fully saturated rings. The van der Waals surface area contributed by atoms with Crippen LogP contribution in [0, 0.1) is 0 Å². The predicted molar refractivity (Wildman–Crippen MR) is 135 cm³/mol. The zero-order valence-electron chi connectivity index (χ0n) is 19.6. The Balaban J connectivity index is 3.77. The average molecular weight is 431 g/mol. The highest BCUT2D eigenvalue weighted by atomic mass is 32.2. The Morgan fingerprint density at radius 1 is 0.464 bits per heavy atom. The minimum absolute atomic E-state index is 1.24. The van der Waals surface area contributed by atoms with Crippen LogP contribution >= 0.6 is 23.5 Å². The van der Waals surface area contributed by atoms with Crippen molar-refractivity contribution in [2.45, 2.75) is 105 Å². The summed E-state index contributed by atoms with van der Waals surface area (Å²) in [5.41, 5.74) is 4.83. The molecule has 0 atom stereocenters. The summed E-state index contributed by atoms with van der Waals surface area (Å²) < 4.78 is 5.10. The highest BCUT2D eigenvalue weighted by Gasteiger charge is 2.04. The molecular weight excluding hydrogens is 380 g/mol. The van der Waals surface area contributed by atoms with Crippen molar-refractivity contribution >= 4 is 34.6 Å². The minimum atomic E-state index is 1.24. The second kappa shape index (κ2) is 23.3. The molecule has 0 aliphatic rings. The van der Waals surface area contributed by atoms with Crippen LogP contribution in [0.3, 0.4) is 0 Å². The lowest BCUT2D eigenvalue weighted by Crippen LogP contribution is -2.15. The molecule has 0 rings (SSSR count). The zero-order chi connectivity index (χ0) is 20.7. The summed E-state index contributed by atoms with van der Waals surface area (Å²) in [5.74, 6) is 2.58. The Morgan fingerprint density at radius 3 is 1.07 bits per heavy atom. The maximum atomic E-state index is 2.55. The Hall–Kier alpha value is 0.0400. The first-order valence-corrected chi connectivity index (χ1v) is 14.3. The molecular formula is C24H50N2S2+2. The first kappa shape index (κ1) is 28.0. The maximum absolute atomic E-state index is 2.55. The molecule has 0 bridgehead atoms. The second-order valence-corrected chi connectivity index (χ2v) is 9.76. The van der Waals surface area contributed by atoms with Crippen LogP contribution in [0.4, 0.5) is 0 Å². The maximum Gasteiger partial charge on any atom is 0.198 e. The molecule has 0 aromatic carbocycles. The van der Waals surface area contributed by atoms with Crippen LogP contribution < -0.4 is 0 Å². The number of hydrogen-bond acceptors (Lipinski definition) is 2. The van der Waals surface area contributed by atoms with Crippen LogP contribution in [0.25, 0.3) is 0 Å². The molecule has 0 amide bonds. The lowest BCUT2D eigenvalue weighted by molar-refractivity contribution is -0.522. The molecule has 0 radical (unpaired) electrons. The molecule has 4 heteroatoms. The Bertz CT molecular complexity index is 325. The van der Waals surface area contributed by atoms with Gasteiger partial charge in [0.2, 0.25) is 0 Å². The molecule has 0 spiro atoms. The van der Waals surface area contributed by atoms with E-state index >= 15 is 0 Å². The van der Waals surface area contributed by atoms with E-state index in [-0.39, 0.29) is 0 Å². The number of unbranched alkanes of at least 4 members (excludes halogenated alkanes) is 7. The summed E-state index contributed by atoms with van der Waals surface area (Å²) in [6.07, 6.45) is 16.0. The lowest BCUT2D eigenvalue weighted by Gasteiger charge is -2.03. The van der Waals surface area contributed by atoms with Gasteiger partial charge in [-0.05, 0) is 12.8 Å². The van der Waals surface area contributed by atoms with Crippen molar-refractivity contribution in [3.05, 3.63) is 0 Å². The molecule has 166 valence electrons. The molecule has 0 saturated heterocycles. The fourth-order valence-electron chi connectivity index (χ4n) is 2.92. The molecule has 0 aliphatic heterocycles. The molecule has 0 N–H and O–H groups in total. The molecule has 0 aromatic heterocycles. The Kier molecular flexibility index (Phi) is 23.4. The van der Waals surface area contributed by atoms with E-state index in [1.807, 2.05) is 23.5 Å². The van der Waals surface area contributed by atoms with E-state index in [2.05, 4.69) is 47.9 Å². The van der Waals surface area contributed by atoms with Crippen LogP contribution in [-0.4, -0.2) is 57.9 Å². The number of hydrogen-bond donors (Lipinski definition) is 0. The van der Waals surface area contributed by atoms with E-state index in [0.29, 0.717) is 0 Å². The van der Waals surface area contributed by atoms with E-state index in [1.165, 1.54) is 115 Å². The molecule has 0 unspecified atom stereocenters. The molecule has 0 aliphatic carbocycles. The molecule has 28 heavy (non-hydrogen) atoms. The van der Waals surface area contributed by atoms with Gasteiger partial charge in [0.1, 0.15) is 26.2 Å². The quantitative estimate of drug-likeness (QED) is 0.0815. The summed E-state index contributed by atoms with van der Waals surface area (Å²) in [5, 5.41) is 0. The molecule has 2 nitrogen and oxygen atoms in total. The number of rotatable bonds is 21. The minimum Gasteiger partial charge on any atom is -0.231 e. The highest BCUT2D eigenvalue weighted by molar-refractivity contribution is 8.12.